The topological polar surface area (TPSA) is 110 Å². The normalized spacial score (nSPS) is 13.8. The van der Waals surface area contributed by atoms with Crippen molar-refractivity contribution in [1.29, 1.82) is 0 Å². The summed E-state index contributed by atoms with van der Waals surface area (Å²) in [5, 5.41) is 8.75. The molecule has 0 spiro atoms. The Kier molecular flexibility index (Phi) is 5.82. The molecular weight excluding hydrogens is 386 g/mol. The number of rotatable bonds is 5. The lowest BCUT2D eigenvalue weighted by atomic mass is 10.1. The molecule has 0 atom stereocenters. The Labute approximate surface area is 172 Å². The van der Waals surface area contributed by atoms with Gasteiger partial charge in [-0.05, 0) is 29.8 Å². The van der Waals surface area contributed by atoms with Gasteiger partial charge in [0, 0.05) is 42.8 Å². The van der Waals surface area contributed by atoms with Gasteiger partial charge >= 0.3 is 0 Å². The number of morpholine rings is 1. The Bertz CT molecular complexity index is 1080. The SMILES string of the molecule is O=C(NO)c1ccc(Cn2cc(-c3cccnc3)nc(N3CCOCC3)c2=O)cc1. The Morgan fingerprint density at radius 2 is 1.93 bits per heavy atom. The maximum atomic E-state index is 13.2. The van der Waals surface area contributed by atoms with E-state index < -0.39 is 5.91 Å². The third-order valence-corrected chi connectivity index (χ3v) is 4.90. The summed E-state index contributed by atoms with van der Waals surface area (Å²) < 4.78 is 7.02. The lowest BCUT2D eigenvalue weighted by Gasteiger charge is -2.28. The first kappa shape index (κ1) is 19.7. The van der Waals surface area contributed by atoms with Crippen LogP contribution in [0, 0.1) is 0 Å². The van der Waals surface area contributed by atoms with Crippen LogP contribution in [-0.4, -0.2) is 52.0 Å². The summed E-state index contributed by atoms with van der Waals surface area (Å²) in [5.74, 6) is -0.202. The van der Waals surface area contributed by atoms with Crippen molar-refractivity contribution >= 4 is 11.7 Å². The lowest BCUT2D eigenvalue weighted by Crippen LogP contribution is -2.41. The molecule has 0 bridgehead atoms. The summed E-state index contributed by atoms with van der Waals surface area (Å²) in [6.07, 6.45) is 5.12. The van der Waals surface area contributed by atoms with Crippen LogP contribution < -0.4 is 15.9 Å². The molecule has 9 nitrogen and oxygen atoms in total. The van der Waals surface area contributed by atoms with Gasteiger partial charge in [-0.2, -0.15) is 0 Å². The van der Waals surface area contributed by atoms with E-state index in [1.165, 1.54) is 0 Å². The van der Waals surface area contributed by atoms with E-state index in [9.17, 15) is 9.59 Å². The summed E-state index contributed by atoms with van der Waals surface area (Å²) in [4.78, 5) is 35.4. The van der Waals surface area contributed by atoms with E-state index in [2.05, 4.69) is 9.97 Å². The number of anilines is 1. The largest absolute Gasteiger partial charge is 0.378 e. The second-order valence-electron chi connectivity index (χ2n) is 6.86. The van der Waals surface area contributed by atoms with Crippen LogP contribution in [0.3, 0.4) is 0 Å². The van der Waals surface area contributed by atoms with Gasteiger partial charge in [-0.3, -0.25) is 19.8 Å². The van der Waals surface area contributed by atoms with Gasteiger partial charge in [0.1, 0.15) is 0 Å². The molecule has 4 rings (SSSR count). The molecule has 0 unspecified atom stereocenters. The van der Waals surface area contributed by atoms with Crippen LogP contribution in [0.4, 0.5) is 5.82 Å². The van der Waals surface area contributed by atoms with Crippen LogP contribution in [0.15, 0.2) is 59.8 Å². The summed E-state index contributed by atoms with van der Waals surface area (Å²) >= 11 is 0. The number of hydrogen-bond donors (Lipinski definition) is 2. The first-order valence-corrected chi connectivity index (χ1v) is 9.53. The molecule has 1 amide bonds. The average molecular weight is 407 g/mol. The molecule has 9 heteroatoms. The predicted octanol–water partition coefficient (Wildman–Crippen LogP) is 1.31. The number of carbonyl (C=O) groups excluding carboxylic acids is 1. The molecule has 1 aromatic carbocycles. The fraction of sp³-hybridized carbons (Fsp3) is 0.238. The fourth-order valence-electron chi connectivity index (χ4n) is 3.30. The zero-order chi connectivity index (χ0) is 20.9. The highest BCUT2D eigenvalue weighted by Crippen LogP contribution is 2.19. The monoisotopic (exact) mass is 407 g/mol. The molecule has 0 radical (unpaired) electrons. The van der Waals surface area contributed by atoms with Crippen molar-refractivity contribution in [2.45, 2.75) is 6.54 Å². The zero-order valence-corrected chi connectivity index (χ0v) is 16.2. The number of hydroxylamine groups is 1. The second kappa shape index (κ2) is 8.85. The number of aromatic nitrogens is 3. The Morgan fingerprint density at radius 3 is 2.60 bits per heavy atom. The van der Waals surface area contributed by atoms with E-state index >= 15 is 0 Å². The predicted molar refractivity (Wildman–Crippen MR) is 110 cm³/mol. The standard InChI is InChI=1S/C21H21N5O4/c27-20(24-29)16-5-3-15(4-6-16)13-26-14-18(17-2-1-7-22-12-17)23-19(21(26)28)25-8-10-30-11-9-25/h1-7,12,14,29H,8-11,13H2,(H,24,27). The maximum Gasteiger partial charge on any atom is 0.293 e. The van der Waals surface area contributed by atoms with Crippen LogP contribution in [0.5, 0.6) is 0 Å². The van der Waals surface area contributed by atoms with Crippen molar-refractivity contribution in [3.05, 3.63) is 76.5 Å². The first-order valence-electron chi connectivity index (χ1n) is 9.53. The average Bonchev–Trinajstić information content (AvgIpc) is 2.81. The maximum absolute atomic E-state index is 13.2. The number of hydrogen-bond acceptors (Lipinski definition) is 7. The summed E-state index contributed by atoms with van der Waals surface area (Å²) in [5.41, 5.74) is 4.04. The quantitative estimate of drug-likeness (QED) is 0.485. The van der Waals surface area contributed by atoms with Gasteiger partial charge in [-0.1, -0.05) is 12.1 Å². The molecule has 1 fully saturated rings. The molecule has 1 aliphatic rings. The van der Waals surface area contributed by atoms with E-state index in [0.29, 0.717) is 49.9 Å². The second-order valence-corrected chi connectivity index (χ2v) is 6.86. The Hall–Kier alpha value is -3.56. The van der Waals surface area contributed by atoms with Gasteiger partial charge in [0.05, 0.1) is 25.5 Å². The smallest absolute Gasteiger partial charge is 0.293 e. The minimum Gasteiger partial charge on any atom is -0.378 e. The van der Waals surface area contributed by atoms with Gasteiger partial charge in [0.15, 0.2) is 5.82 Å². The van der Waals surface area contributed by atoms with Crippen molar-refractivity contribution in [1.82, 2.24) is 20.0 Å². The molecular formula is C21H21N5O4. The van der Waals surface area contributed by atoms with Gasteiger partial charge in [-0.15, -0.1) is 0 Å². The summed E-state index contributed by atoms with van der Waals surface area (Å²) in [7, 11) is 0. The number of carbonyl (C=O) groups is 1. The minimum absolute atomic E-state index is 0.193. The van der Waals surface area contributed by atoms with E-state index in [0.717, 1.165) is 11.1 Å². The van der Waals surface area contributed by atoms with Gasteiger partial charge in [0.2, 0.25) is 0 Å². The van der Waals surface area contributed by atoms with Crippen LogP contribution in [0.2, 0.25) is 0 Å². The molecule has 30 heavy (non-hydrogen) atoms. The van der Waals surface area contributed by atoms with Gasteiger partial charge in [-0.25, -0.2) is 10.5 Å². The van der Waals surface area contributed by atoms with Crippen LogP contribution in [-0.2, 0) is 11.3 Å². The van der Waals surface area contributed by atoms with Crippen molar-refractivity contribution in [3.8, 4) is 11.3 Å². The van der Waals surface area contributed by atoms with E-state index in [1.807, 2.05) is 17.0 Å². The third-order valence-electron chi connectivity index (χ3n) is 4.90. The number of nitrogens with zero attached hydrogens (tertiary/aromatic N) is 4. The molecule has 0 saturated carbocycles. The van der Waals surface area contributed by atoms with Crippen LogP contribution >= 0.6 is 0 Å². The molecule has 2 aromatic heterocycles. The molecule has 2 N–H and O–H groups in total. The van der Waals surface area contributed by atoms with Crippen molar-refractivity contribution < 1.29 is 14.7 Å². The summed E-state index contributed by atoms with van der Waals surface area (Å²) in [6.45, 7) is 2.61. The van der Waals surface area contributed by atoms with Gasteiger partial charge in [0.25, 0.3) is 11.5 Å². The van der Waals surface area contributed by atoms with E-state index in [4.69, 9.17) is 9.94 Å². The molecule has 3 aromatic rings. The highest BCUT2D eigenvalue weighted by atomic mass is 16.5. The third kappa shape index (κ3) is 4.22. The number of benzene rings is 1. The highest BCUT2D eigenvalue weighted by Gasteiger charge is 2.19. The molecule has 154 valence electrons. The van der Waals surface area contributed by atoms with Crippen molar-refractivity contribution in [2.24, 2.45) is 0 Å². The zero-order valence-electron chi connectivity index (χ0n) is 16.2. The van der Waals surface area contributed by atoms with E-state index in [1.54, 1.807) is 52.9 Å². The minimum atomic E-state index is -0.587. The first-order chi connectivity index (χ1) is 14.7. The summed E-state index contributed by atoms with van der Waals surface area (Å²) in [6, 6.07) is 10.4. The number of pyridine rings is 1. The lowest BCUT2D eigenvalue weighted by molar-refractivity contribution is 0.0706. The number of ether oxygens (including phenoxy) is 1. The Morgan fingerprint density at radius 1 is 1.17 bits per heavy atom. The van der Waals surface area contributed by atoms with Crippen molar-refractivity contribution in [3.63, 3.8) is 0 Å². The molecule has 3 heterocycles. The molecule has 1 aliphatic heterocycles. The van der Waals surface area contributed by atoms with Crippen LogP contribution in [0.1, 0.15) is 15.9 Å². The van der Waals surface area contributed by atoms with Crippen LogP contribution in [0.25, 0.3) is 11.3 Å². The van der Waals surface area contributed by atoms with Gasteiger partial charge < -0.3 is 14.2 Å². The highest BCUT2D eigenvalue weighted by molar-refractivity contribution is 5.93. The number of amides is 1. The molecule has 1 saturated heterocycles. The Balaban J connectivity index is 1.72. The fourth-order valence-corrected chi connectivity index (χ4v) is 3.30. The molecule has 0 aliphatic carbocycles. The van der Waals surface area contributed by atoms with E-state index in [-0.39, 0.29) is 5.56 Å². The van der Waals surface area contributed by atoms with Crippen molar-refractivity contribution in [2.75, 3.05) is 31.2 Å². The number of nitrogens with one attached hydrogen (secondary N) is 1.